The highest BCUT2D eigenvalue weighted by Crippen LogP contribution is 2.36. The van der Waals surface area contributed by atoms with Crippen molar-refractivity contribution in [2.75, 3.05) is 5.32 Å². The number of nitrogens with one attached hydrogen (secondary N) is 2. The summed E-state index contributed by atoms with van der Waals surface area (Å²) in [6, 6.07) is 8.81. The van der Waals surface area contributed by atoms with Crippen LogP contribution in [0, 0.1) is 6.92 Å². The van der Waals surface area contributed by atoms with Crippen molar-refractivity contribution in [3.63, 3.8) is 0 Å². The molecule has 0 bridgehead atoms. The minimum Gasteiger partial charge on any atom is -0.347 e. The van der Waals surface area contributed by atoms with E-state index in [0.29, 0.717) is 10.0 Å². The summed E-state index contributed by atoms with van der Waals surface area (Å²) in [4.78, 5) is 29.9. The van der Waals surface area contributed by atoms with E-state index in [9.17, 15) is 18.0 Å². The Hall–Kier alpha value is -2.75. The molecular formula is C19H14ClN3O4S2. The number of nitrogens with zero attached hydrogens (tertiary/aromatic N) is 1. The molecular weight excluding hydrogens is 434 g/mol. The van der Waals surface area contributed by atoms with E-state index in [2.05, 4.69) is 15.6 Å². The van der Waals surface area contributed by atoms with E-state index in [-0.39, 0.29) is 33.2 Å². The fraction of sp³-hybridized carbons (Fsp3) is 0.105. The van der Waals surface area contributed by atoms with Crippen LogP contribution in [0.25, 0.3) is 0 Å². The van der Waals surface area contributed by atoms with Crippen molar-refractivity contribution in [1.29, 1.82) is 0 Å². The van der Waals surface area contributed by atoms with Crippen molar-refractivity contribution in [2.24, 2.45) is 0 Å². The molecule has 2 N–H and O–H groups in total. The van der Waals surface area contributed by atoms with E-state index in [1.165, 1.54) is 35.6 Å². The van der Waals surface area contributed by atoms with Gasteiger partial charge in [-0.05, 0) is 36.8 Å². The number of anilines is 1. The number of hydrogen-bond acceptors (Lipinski definition) is 6. The summed E-state index contributed by atoms with van der Waals surface area (Å²) in [6.45, 7) is 1.83. The molecule has 1 aromatic heterocycles. The number of sulfone groups is 1. The van der Waals surface area contributed by atoms with Gasteiger partial charge in [0.25, 0.3) is 11.8 Å². The number of amides is 2. The molecule has 0 spiro atoms. The number of aromatic nitrogens is 1. The first-order valence-electron chi connectivity index (χ1n) is 8.46. The molecule has 0 unspecified atom stereocenters. The molecule has 148 valence electrons. The Kier molecular flexibility index (Phi) is 4.89. The zero-order valence-corrected chi connectivity index (χ0v) is 17.4. The van der Waals surface area contributed by atoms with Gasteiger partial charge in [-0.2, -0.15) is 0 Å². The van der Waals surface area contributed by atoms with E-state index in [1.807, 2.05) is 0 Å². The van der Waals surface area contributed by atoms with Gasteiger partial charge in [-0.1, -0.05) is 23.7 Å². The molecule has 0 saturated heterocycles. The van der Waals surface area contributed by atoms with E-state index in [1.54, 1.807) is 25.3 Å². The maximum Gasteiger partial charge on any atom is 0.257 e. The first-order valence-corrected chi connectivity index (χ1v) is 11.1. The van der Waals surface area contributed by atoms with Gasteiger partial charge < -0.3 is 10.6 Å². The molecule has 0 fully saturated rings. The summed E-state index contributed by atoms with van der Waals surface area (Å²) < 4.78 is 26.6. The quantitative estimate of drug-likeness (QED) is 0.639. The maximum atomic E-state index is 13.1. The first-order chi connectivity index (χ1) is 13.8. The highest BCUT2D eigenvalue weighted by molar-refractivity contribution is 7.91. The van der Waals surface area contributed by atoms with E-state index in [0.717, 1.165) is 4.88 Å². The van der Waals surface area contributed by atoms with Crippen LogP contribution in [0.2, 0.25) is 4.47 Å². The number of fused-ring (bicyclic) bond motifs is 2. The second-order valence-corrected chi connectivity index (χ2v) is 9.91. The molecule has 7 nitrogen and oxygen atoms in total. The average Bonchev–Trinajstić information content (AvgIpc) is 3.09. The van der Waals surface area contributed by atoms with Gasteiger partial charge in [0.1, 0.15) is 0 Å². The SMILES string of the molecule is Cc1c(C(=O)NCc2cnc(Cl)s2)ccc2c1NC(=O)c1ccccc1S2(=O)=O. The molecule has 3 aromatic rings. The largest absolute Gasteiger partial charge is 0.347 e. The summed E-state index contributed by atoms with van der Waals surface area (Å²) in [7, 11) is -3.92. The lowest BCUT2D eigenvalue weighted by atomic mass is 10.1. The summed E-state index contributed by atoms with van der Waals surface area (Å²) in [6.07, 6.45) is 1.57. The monoisotopic (exact) mass is 447 g/mol. The Morgan fingerprint density at radius 3 is 2.69 bits per heavy atom. The number of hydrogen-bond donors (Lipinski definition) is 2. The molecule has 29 heavy (non-hydrogen) atoms. The van der Waals surface area contributed by atoms with Crippen molar-refractivity contribution in [1.82, 2.24) is 10.3 Å². The van der Waals surface area contributed by atoms with Gasteiger partial charge in [0.05, 0.1) is 27.6 Å². The number of carbonyl (C=O) groups is 2. The van der Waals surface area contributed by atoms with E-state index in [4.69, 9.17) is 11.6 Å². The third-order valence-corrected chi connectivity index (χ3v) is 7.54. The van der Waals surface area contributed by atoms with Crippen LogP contribution in [0.4, 0.5) is 5.69 Å². The Balaban J connectivity index is 1.73. The second kappa shape index (κ2) is 7.25. The molecule has 1 aliphatic heterocycles. The Bertz CT molecular complexity index is 1270. The van der Waals surface area contributed by atoms with Crippen LogP contribution in [0.3, 0.4) is 0 Å². The number of benzene rings is 2. The third-order valence-electron chi connectivity index (χ3n) is 4.57. The summed E-state index contributed by atoms with van der Waals surface area (Å²) in [5.41, 5.74) is 0.809. The molecule has 0 saturated carbocycles. The zero-order chi connectivity index (χ0) is 20.8. The molecule has 2 aromatic carbocycles. The van der Waals surface area contributed by atoms with Crippen molar-refractivity contribution in [2.45, 2.75) is 23.3 Å². The number of carbonyl (C=O) groups excluding carboxylic acids is 2. The summed E-state index contributed by atoms with van der Waals surface area (Å²) in [5, 5.41) is 5.40. The summed E-state index contributed by atoms with van der Waals surface area (Å²) >= 11 is 7.04. The summed E-state index contributed by atoms with van der Waals surface area (Å²) in [5.74, 6) is -0.939. The van der Waals surface area contributed by atoms with Gasteiger partial charge in [-0.25, -0.2) is 13.4 Å². The van der Waals surface area contributed by atoms with Crippen LogP contribution in [0.15, 0.2) is 52.4 Å². The maximum absolute atomic E-state index is 13.1. The molecule has 1 aliphatic rings. The van der Waals surface area contributed by atoms with Gasteiger partial charge in [0.15, 0.2) is 4.47 Å². The van der Waals surface area contributed by atoms with Crippen molar-refractivity contribution >= 4 is 50.3 Å². The Morgan fingerprint density at radius 1 is 1.21 bits per heavy atom. The van der Waals surface area contributed by atoms with Crippen molar-refractivity contribution < 1.29 is 18.0 Å². The fourth-order valence-electron chi connectivity index (χ4n) is 3.13. The van der Waals surface area contributed by atoms with E-state index >= 15 is 0 Å². The smallest absolute Gasteiger partial charge is 0.257 e. The predicted molar refractivity (Wildman–Crippen MR) is 109 cm³/mol. The van der Waals surface area contributed by atoms with Crippen molar-refractivity contribution in [3.05, 3.63) is 68.6 Å². The van der Waals surface area contributed by atoms with Gasteiger partial charge in [-0.3, -0.25) is 9.59 Å². The van der Waals surface area contributed by atoms with Gasteiger partial charge in [0.2, 0.25) is 9.84 Å². The van der Waals surface area contributed by atoms with Crippen LogP contribution in [0.5, 0.6) is 0 Å². The minimum absolute atomic E-state index is 0.0425. The zero-order valence-electron chi connectivity index (χ0n) is 15.0. The van der Waals surface area contributed by atoms with Crippen LogP contribution in [-0.2, 0) is 16.4 Å². The van der Waals surface area contributed by atoms with Gasteiger partial charge in [-0.15, -0.1) is 11.3 Å². The number of rotatable bonds is 3. The molecule has 2 amide bonds. The van der Waals surface area contributed by atoms with Crippen LogP contribution in [-0.4, -0.2) is 25.2 Å². The van der Waals surface area contributed by atoms with Crippen LogP contribution < -0.4 is 10.6 Å². The highest BCUT2D eigenvalue weighted by atomic mass is 35.5. The van der Waals surface area contributed by atoms with E-state index < -0.39 is 21.7 Å². The lowest BCUT2D eigenvalue weighted by Crippen LogP contribution is -2.24. The predicted octanol–water partition coefficient (Wildman–Crippen LogP) is 3.43. The van der Waals surface area contributed by atoms with Crippen LogP contribution in [0.1, 0.15) is 31.2 Å². The molecule has 0 atom stereocenters. The first kappa shape index (κ1) is 19.6. The normalized spacial score (nSPS) is 14.3. The molecule has 0 aliphatic carbocycles. The number of thiazole rings is 1. The standard InChI is InChI=1S/C19H14ClN3O4S2/c1-10-12(17(24)21-8-11-9-22-19(20)28-11)6-7-15-16(10)23-18(25)13-4-2-3-5-14(13)29(15,26)27/h2-7,9H,8H2,1H3,(H,21,24)(H,23,25). The Labute approximate surface area is 175 Å². The second-order valence-electron chi connectivity index (χ2n) is 6.33. The minimum atomic E-state index is -3.92. The molecule has 10 heteroatoms. The highest BCUT2D eigenvalue weighted by Gasteiger charge is 2.32. The average molecular weight is 448 g/mol. The van der Waals surface area contributed by atoms with Crippen molar-refractivity contribution in [3.8, 4) is 0 Å². The van der Waals surface area contributed by atoms with Gasteiger partial charge >= 0.3 is 0 Å². The fourth-order valence-corrected chi connectivity index (χ4v) is 5.71. The lowest BCUT2D eigenvalue weighted by Gasteiger charge is -2.14. The Morgan fingerprint density at radius 2 is 1.97 bits per heavy atom. The van der Waals surface area contributed by atoms with Gasteiger partial charge in [0, 0.05) is 16.6 Å². The topological polar surface area (TPSA) is 105 Å². The molecule has 2 heterocycles. The third kappa shape index (κ3) is 3.41. The number of halogens is 1. The molecule has 4 rings (SSSR count). The molecule has 0 radical (unpaired) electrons. The van der Waals surface area contributed by atoms with Crippen LogP contribution >= 0.6 is 22.9 Å². The lowest BCUT2D eigenvalue weighted by molar-refractivity contribution is 0.0949.